The van der Waals surface area contributed by atoms with E-state index in [1.54, 1.807) is 6.92 Å². The van der Waals surface area contributed by atoms with Gasteiger partial charge in [0.2, 0.25) is 0 Å². The standard InChI is InChI=1S/C13H13BrO/c1-3-4-5-6-13(15)12-9-11(14)8-7-10(12)2/h7-9H,5-6H2,1-2H3. The maximum absolute atomic E-state index is 11.8. The third-order valence-corrected chi connectivity index (χ3v) is 2.65. The number of halogens is 1. The molecule has 1 nitrogen and oxygen atoms in total. The molecule has 0 aliphatic carbocycles. The number of hydrogen-bond acceptors (Lipinski definition) is 1. The molecule has 0 N–H and O–H groups in total. The molecule has 0 unspecified atom stereocenters. The molecule has 0 heterocycles. The molecule has 1 aromatic rings. The zero-order valence-electron chi connectivity index (χ0n) is 8.93. The lowest BCUT2D eigenvalue weighted by atomic mass is 10.0. The first-order chi connectivity index (χ1) is 7.15. The number of Topliss-reactive ketones (excluding diaryl/α,β-unsaturated/α-hetero) is 1. The summed E-state index contributed by atoms with van der Waals surface area (Å²) in [6.45, 7) is 3.74. The highest BCUT2D eigenvalue weighted by Gasteiger charge is 2.08. The van der Waals surface area contributed by atoms with E-state index in [-0.39, 0.29) is 5.78 Å². The largest absolute Gasteiger partial charge is 0.294 e. The second-order valence-electron chi connectivity index (χ2n) is 3.31. The molecule has 0 spiro atoms. The van der Waals surface area contributed by atoms with Crippen molar-refractivity contribution in [1.82, 2.24) is 0 Å². The Morgan fingerprint density at radius 2 is 2.20 bits per heavy atom. The lowest BCUT2D eigenvalue weighted by molar-refractivity contribution is 0.0983. The van der Waals surface area contributed by atoms with Gasteiger partial charge in [0.05, 0.1) is 0 Å². The summed E-state index contributed by atoms with van der Waals surface area (Å²) in [4.78, 5) is 11.8. The van der Waals surface area contributed by atoms with Gasteiger partial charge in [-0.25, -0.2) is 0 Å². The van der Waals surface area contributed by atoms with Crippen molar-refractivity contribution in [2.24, 2.45) is 0 Å². The van der Waals surface area contributed by atoms with E-state index in [0.29, 0.717) is 12.8 Å². The van der Waals surface area contributed by atoms with Gasteiger partial charge in [0.1, 0.15) is 0 Å². The molecule has 78 valence electrons. The quantitative estimate of drug-likeness (QED) is 0.601. The Balaban J connectivity index is 2.80. The van der Waals surface area contributed by atoms with Gasteiger partial charge >= 0.3 is 0 Å². The second kappa shape index (κ2) is 5.72. The molecule has 1 aromatic carbocycles. The smallest absolute Gasteiger partial charge is 0.164 e. The molecule has 2 heteroatoms. The normalized spacial score (nSPS) is 9.27. The van der Waals surface area contributed by atoms with E-state index in [4.69, 9.17) is 0 Å². The van der Waals surface area contributed by atoms with Gasteiger partial charge in [0.25, 0.3) is 0 Å². The maximum Gasteiger partial charge on any atom is 0.164 e. The highest BCUT2D eigenvalue weighted by molar-refractivity contribution is 9.10. The van der Waals surface area contributed by atoms with E-state index in [2.05, 4.69) is 27.8 Å². The van der Waals surface area contributed by atoms with Crippen LogP contribution in [0.2, 0.25) is 0 Å². The van der Waals surface area contributed by atoms with Crippen molar-refractivity contribution in [2.45, 2.75) is 26.7 Å². The van der Waals surface area contributed by atoms with E-state index in [1.165, 1.54) is 0 Å². The van der Waals surface area contributed by atoms with Crippen LogP contribution in [-0.2, 0) is 0 Å². The van der Waals surface area contributed by atoms with Crippen LogP contribution in [-0.4, -0.2) is 5.78 Å². The van der Waals surface area contributed by atoms with Crippen LogP contribution in [0, 0.1) is 18.8 Å². The topological polar surface area (TPSA) is 17.1 Å². The summed E-state index contributed by atoms with van der Waals surface area (Å²) >= 11 is 3.37. The fourth-order valence-electron chi connectivity index (χ4n) is 1.33. The number of rotatable bonds is 3. The Labute approximate surface area is 99.0 Å². The van der Waals surface area contributed by atoms with Gasteiger partial charge in [-0.2, -0.15) is 0 Å². The van der Waals surface area contributed by atoms with E-state index >= 15 is 0 Å². The van der Waals surface area contributed by atoms with E-state index in [1.807, 2.05) is 25.1 Å². The fourth-order valence-corrected chi connectivity index (χ4v) is 1.69. The van der Waals surface area contributed by atoms with Crippen molar-refractivity contribution in [3.05, 3.63) is 33.8 Å². The molecule has 0 aromatic heterocycles. The first-order valence-corrected chi connectivity index (χ1v) is 5.63. The lowest BCUT2D eigenvalue weighted by Crippen LogP contribution is -2.01. The van der Waals surface area contributed by atoms with Crippen LogP contribution >= 0.6 is 15.9 Å². The minimum absolute atomic E-state index is 0.163. The number of carbonyl (C=O) groups excluding carboxylic acids is 1. The molecule has 0 fully saturated rings. The Hall–Kier alpha value is -1.07. The van der Waals surface area contributed by atoms with Gasteiger partial charge in [0, 0.05) is 22.9 Å². The summed E-state index contributed by atoms with van der Waals surface area (Å²) in [6, 6.07) is 5.76. The molecule has 0 saturated heterocycles. The van der Waals surface area contributed by atoms with E-state index in [9.17, 15) is 4.79 Å². The highest BCUT2D eigenvalue weighted by Crippen LogP contribution is 2.17. The van der Waals surface area contributed by atoms with Gasteiger partial charge in [-0.05, 0) is 31.5 Å². The monoisotopic (exact) mass is 264 g/mol. The first-order valence-electron chi connectivity index (χ1n) is 4.84. The Morgan fingerprint density at radius 1 is 1.47 bits per heavy atom. The second-order valence-corrected chi connectivity index (χ2v) is 4.22. The van der Waals surface area contributed by atoms with Crippen LogP contribution < -0.4 is 0 Å². The Kier molecular flexibility index (Phi) is 4.58. The van der Waals surface area contributed by atoms with Gasteiger partial charge < -0.3 is 0 Å². The molecule has 0 aliphatic rings. The predicted molar refractivity (Wildman–Crippen MR) is 65.9 cm³/mol. The number of ketones is 1. The summed E-state index contributed by atoms with van der Waals surface area (Å²) in [5, 5.41) is 0. The van der Waals surface area contributed by atoms with Crippen LogP contribution in [0.4, 0.5) is 0 Å². The Bertz CT molecular complexity index is 424. The van der Waals surface area contributed by atoms with Crippen LogP contribution in [0.25, 0.3) is 0 Å². The molecular weight excluding hydrogens is 252 g/mol. The van der Waals surface area contributed by atoms with Gasteiger partial charge in [0.15, 0.2) is 5.78 Å². The summed E-state index contributed by atoms with van der Waals surface area (Å²) in [5.74, 6) is 5.85. The summed E-state index contributed by atoms with van der Waals surface area (Å²) < 4.78 is 0.943. The average molecular weight is 265 g/mol. The highest BCUT2D eigenvalue weighted by atomic mass is 79.9. The summed E-state index contributed by atoms with van der Waals surface area (Å²) in [5.41, 5.74) is 1.81. The number of carbonyl (C=O) groups is 1. The zero-order valence-corrected chi connectivity index (χ0v) is 10.5. The molecule has 0 amide bonds. The lowest BCUT2D eigenvalue weighted by Gasteiger charge is -2.03. The number of benzene rings is 1. The predicted octanol–water partition coefficient (Wildman–Crippen LogP) is 3.74. The minimum Gasteiger partial charge on any atom is -0.294 e. The number of aryl methyl sites for hydroxylation is 1. The summed E-state index contributed by atoms with van der Waals surface area (Å²) in [7, 11) is 0. The van der Waals surface area contributed by atoms with E-state index in [0.717, 1.165) is 15.6 Å². The third kappa shape index (κ3) is 3.53. The molecular formula is C13H13BrO. The third-order valence-electron chi connectivity index (χ3n) is 2.15. The Morgan fingerprint density at radius 3 is 2.87 bits per heavy atom. The zero-order chi connectivity index (χ0) is 11.3. The van der Waals surface area contributed by atoms with Crippen molar-refractivity contribution in [3.8, 4) is 11.8 Å². The van der Waals surface area contributed by atoms with Crippen molar-refractivity contribution in [2.75, 3.05) is 0 Å². The molecule has 0 atom stereocenters. The van der Waals surface area contributed by atoms with Crippen LogP contribution in [0.5, 0.6) is 0 Å². The molecule has 1 rings (SSSR count). The molecule has 15 heavy (non-hydrogen) atoms. The van der Waals surface area contributed by atoms with Crippen LogP contribution in [0.15, 0.2) is 22.7 Å². The average Bonchev–Trinajstić information content (AvgIpc) is 2.22. The summed E-state index contributed by atoms with van der Waals surface area (Å²) in [6.07, 6.45) is 1.14. The molecule has 0 radical (unpaired) electrons. The maximum atomic E-state index is 11.8. The van der Waals surface area contributed by atoms with Crippen LogP contribution in [0.3, 0.4) is 0 Å². The van der Waals surface area contributed by atoms with Gasteiger partial charge in [-0.15, -0.1) is 11.8 Å². The SMILES string of the molecule is CC#CCCC(=O)c1cc(Br)ccc1C. The van der Waals surface area contributed by atoms with Crippen molar-refractivity contribution >= 4 is 21.7 Å². The fraction of sp³-hybridized carbons (Fsp3) is 0.308. The van der Waals surface area contributed by atoms with Crippen molar-refractivity contribution in [3.63, 3.8) is 0 Å². The molecule has 0 saturated carbocycles. The minimum atomic E-state index is 0.163. The van der Waals surface area contributed by atoms with Gasteiger partial charge in [-0.3, -0.25) is 4.79 Å². The number of hydrogen-bond donors (Lipinski definition) is 0. The van der Waals surface area contributed by atoms with Crippen molar-refractivity contribution < 1.29 is 4.79 Å². The first kappa shape index (κ1) is 12.0. The van der Waals surface area contributed by atoms with Crippen LogP contribution in [0.1, 0.15) is 35.7 Å². The van der Waals surface area contributed by atoms with Crippen molar-refractivity contribution in [1.29, 1.82) is 0 Å². The van der Waals surface area contributed by atoms with E-state index < -0.39 is 0 Å². The van der Waals surface area contributed by atoms with Gasteiger partial charge in [-0.1, -0.05) is 22.0 Å². The molecule has 0 bridgehead atoms. The molecule has 0 aliphatic heterocycles.